The van der Waals surface area contributed by atoms with Crippen LogP contribution in [-0.2, 0) is 24.6 Å². The third-order valence-electron chi connectivity index (χ3n) is 15.2. The Morgan fingerprint density at radius 3 is 0.831 bits per heavy atom. The third kappa shape index (κ3) is 23.4. The zero-order valence-electron chi connectivity index (χ0n) is 47.8. The zero-order chi connectivity index (χ0) is 61.2. The molecule has 3 aliphatic rings. The van der Waals surface area contributed by atoms with Gasteiger partial charge in [-0.3, -0.25) is 29.1 Å². The van der Waals surface area contributed by atoms with Crippen LogP contribution in [0.4, 0.5) is 0 Å². The van der Waals surface area contributed by atoms with Crippen LogP contribution in [0.25, 0.3) is 0 Å². The molecule has 6 aromatic carbocycles. The van der Waals surface area contributed by atoms with E-state index in [9.17, 15) is 14.4 Å². The van der Waals surface area contributed by atoms with Crippen LogP contribution < -0.4 is 0 Å². The van der Waals surface area contributed by atoms with E-state index in [0.717, 1.165) is 117 Å². The van der Waals surface area contributed by atoms with Crippen molar-refractivity contribution in [2.24, 2.45) is 16.2 Å². The molecule has 450 valence electrons. The molecule has 3 atom stereocenters. The summed E-state index contributed by atoms with van der Waals surface area (Å²) in [6, 6.07) is 47.0. The van der Waals surface area contributed by atoms with E-state index < -0.39 is 0 Å². The zero-order valence-corrected chi connectivity index (χ0v) is 64.5. The van der Waals surface area contributed by atoms with Crippen LogP contribution in [0.1, 0.15) is 126 Å². The summed E-state index contributed by atoms with van der Waals surface area (Å²) in [7, 11) is 0. The van der Waals surface area contributed by atoms with Crippen molar-refractivity contribution >= 4 is 192 Å². The van der Waals surface area contributed by atoms with Crippen molar-refractivity contribution in [1.29, 1.82) is 0 Å². The Morgan fingerprint density at radius 1 is 0.398 bits per heavy atom. The van der Waals surface area contributed by atoms with Crippen LogP contribution in [0.2, 0.25) is 30.1 Å². The molecule has 1 unspecified atom stereocenters. The number of likely N-dealkylation sites (tertiary alicyclic amines) is 3. The Morgan fingerprint density at radius 2 is 0.627 bits per heavy atom. The van der Waals surface area contributed by atoms with E-state index in [1.54, 1.807) is 54.6 Å². The molecule has 0 bridgehead atoms. The van der Waals surface area contributed by atoms with Gasteiger partial charge in [0.15, 0.2) is 17.3 Å². The fraction of sp³-hybridized carbons (Fsp3) is 0.400. The second-order valence-electron chi connectivity index (χ2n) is 21.0. The van der Waals surface area contributed by atoms with Crippen molar-refractivity contribution in [3.8, 4) is 0 Å². The van der Waals surface area contributed by atoms with Crippen LogP contribution in [0.5, 0.6) is 0 Å². The van der Waals surface area contributed by atoms with Crippen molar-refractivity contribution in [2.75, 3.05) is 49.1 Å². The van der Waals surface area contributed by atoms with Crippen molar-refractivity contribution < 1.29 is 19.3 Å². The van der Waals surface area contributed by atoms with E-state index in [0.29, 0.717) is 46.8 Å². The minimum absolute atomic E-state index is 0.198. The number of Topliss-reactive ketones (excluding diaryl/α,β-unsaturated/α-hetero) is 3. The van der Waals surface area contributed by atoms with Gasteiger partial charge in [-0.25, -0.2) is 0 Å². The molecule has 0 amide bonds. The molecule has 0 saturated carbocycles. The minimum atomic E-state index is -0.319. The molecule has 9 rings (SSSR count). The quantitative estimate of drug-likeness (QED) is 0.0485. The summed E-state index contributed by atoms with van der Waals surface area (Å²) in [4.78, 5) is 50.7. The van der Waals surface area contributed by atoms with Crippen LogP contribution in [0, 0.1) is 16.2 Å². The number of carbonyl (C=O) groups excluding carboxylic acids is 3. The van der Waals surface area contributed by atoms with Gasteiger partial charge in [0, 0.05) is 72.2 Å². The van der Waals surface area contributed by atoms with Gasteiger partial charge in [-0.05, 0) is 139 Å². The topological polar surface area (TPSA) is 60.9 Å². The molecule has 6 nitrogen and oxygen atoms in total. The molecule has 18 heteroatoms. The van der Waals surface area contributed by atoms with Gasteiger partial charge in [0.1, 0.15) is 0 Å². The molecule has 3 aliphatic heterocycles. The van der Waals surface area contributed by atoms with E-state index in [2.05, 4.69) is 213 Å². The fourth-order valence-electron chi connectivity index (χ4n) is 11.6. The van der Waals surface area contributed by atoms with E-state index >= 15 is 0 Å². The van der Waals surface area contributed by atoms with Crippen molar-refractivity contribution in [1.82, 2.24) is 14.7 Å². The molecule has 3 saturated heterocycles. The molecule has 0 aromatic heterocycles. The summed E-state index contributed by atoms with van der Waals surface area (Å²) < 4.78 is 0. The van der Waals surface area contributed by atoms with Gasteiger partial charge >= 0.3 is 64.9 Å². The Hall–Kier alpha value is 0.184. The summed E-state index contributed by atoms with van der Waals surface area (Å²) in [6.07, 6.45) is 8.36. The standard InChI is InChI=1S/3C21H23Cl2NO.2CH3I.3HI.V/c3*1-2-10-21(20(25)17-8-9-18(22)19(23)13-17)11-12-24(15-21)14-16-6-4-3-5-7-16;2*1-2;;;;/h3*3-9,13H,2,10-12,14-15H2,1H3;2*1H3;3*1H;/q;;;;;;;;+3/p-3/t2*21-;;;;;;;/m10......./s1. The van der Waals surface area contributed by atoms with Crippen molar-refractivity contribution in [3.63, 3.8) is 0 Å². The Bertz CT molecular complexity index is 2630. The number of carbonyl (C=O) groups is 3. The van der Waals surface area contributed by atoms with Gasteiger partial charge in [-0.15, -0.1) is 0 Å². The van der Waals surface area contributed by atoms with Gasteiger partial charge < -0.3 is 0 Å². The van der Waals surface area contributed by atoms with E-state index in [4.69, 9.17) is 69.6 Å². The van der Waals surface area contributed by atoms with Gasteiger partial charge in [-0.2, -0.15) is 0 Å². The maximum absolute atomic E-state index is 13.3. The van der Waals surface area contributed by atoms with E-state index in [1.807, 2.05) is 28.1 Å². The fourth-order valence-corrected chi connectivity index (χ4v) is 12.5. The Kier molecular flexibility index (Phi) is 35.9. The molecule has 3 fully saturated rings. The van der Waals surface area contributed by atoms with Gasteiger partial charge in [0.25, 0.3) is 0 Å². The number of alkyl halides is 2. The summed E-state index contributed by atoms with van der Waals surface area (Å²) in [5, 5.41) is 2.79. The number of benzene rings is 6. The summed E-state index contributed by atoms with van der Waals surface area (Å²) in [6.45, 7) is 14.3. The first-order valence-corrected chi connectivity index (χ1v) is 47.8. The molecule has 0 radical (unpaired) electrons. The normalized spacial score (nSPS) is 19.3. The van der Waals surface area contributed by atoms with Crippen LogP contribution >= 0.6 is 175 Å². The number of halogens is 11. The number of nitrogens with zero attached hydrogens (tertiary/aromatic N) is 3. The summed E-state index contributed by atoms with van der Waals surface area (Å²) in [5.74, 6) is 0.593. The molecule has 3 heterocycles. The maximum atomic E-state index is 13.3. The number of hydrogen-bond acceptors (Lipinski definition) is 6. The van der Waals surface area contributed by atoms with E-state index in [1.165, 1.54) is 16.7 Å². The van der Waals surface area contributed by atoms with Gasteiger partial charge in [-0.1, -0.05) is 246 Å². The molecular weight excluding hydrogens is 1770 g/mol. The van der Waals surface area contributed by atoms with E-state index in [-0.39, 0.29) is 38.5 Å². The predicted molar refractivity (Wildman–Crippen MR) is 395 cm³/mol. The monoisotopic (exact) mass is 1840 g/mol. The molecule has 0 spiro atoms. The molecule has 0 N–H and O–H groups in total. The predicted octanol–water partition coefficient (Wildman–Crippen LogP) is 22.4. The summed E-state index contributed by atoms with van der Waals surface area (Å²) in [5.41, 5.74) is 4.92. The second kappa shape index (κ2) is 39.4. The van der Waals surface area contributed by atoms with Gasteiger partial charge in [0.2, 0.25) is 0 Å². The molecule has 0 aliphatic carbocycles. The first-order chi connectivity index (χ1) is 39.8. The molecule has 83 heavy (non-hydrogen) atoms. The average molecular weight is 1840 g/mol. The SMILES string of the molecule is CCCC1(C(=O)c2ccc(Cl)c(Cl)c2)CCN(Cc2ccccc2)C1.CCC[C@@]1(C(=O)c2ccc(Cl)c(Cl)c2)CCN(Cc2ccccc2)C1.CCC[C@]1(C(=O)c2ccc(Cl)c(Cl)c2)CCN(Cc2ccccc2)C1.CI.CI.[I][V]([I])[I]. The Labute approximate surface area is 590 Å². The van der Waals surface area contributed by atoms with Crippen molar-refractivity contribution in [3.05, 3.63) is 209 Å². The summed E-state index contributed by atoms with van der Waals surface area (Å²) >= 11 is 48.1. The third-order valence-corrected chi connectivity index (χ3v) is 17.4. The first kappa shape index (κ1) is 75.6. The first-order valence-electron chi connectivity index (χ1n) is 27.7. The van der Waals surface area contributed by atoms with Crippen LogP contribution in [0.15, 0.2) is 146 Å². The van der Waals surface area contributed by atoms with Crippen LogP contribution in [0.3, 0.4) is 0 Å². The van der Waals surface area contributed by atoms with Crippen molar-refractivity contribution in [2.45, 2.75) is 98.2 Å². The average Bonchev–Trinajstić information content (AvgIpc) is 4.04. The molecule has 6 aromatic rings. The Balaban J connectivity index is 0.000000251. The molecular formula is C65H75Cl6I5N3O3V. The number of rotatable bonds is 18. The van der Waals surface area contributed by atoms with Gasteiger partial charge in [0.05, 0.1) is 30.1 Å². The second-order valence-corrected chi connectivity index (χ2v) is 58.8. The van der Waals surface area contributed by atoms with Crippen LogP contribution in [-0.4, -0.2) is 81.2 Å². The number of hydrogen-bond donors (Lipinski definition) is 0. The number of ketones is 3.